The fourth-order valence-corrected chi connectivity index (χ4v) is 2.75. The van der Waals surface area contributed by atoms with E-state index in [-0.39, 0.29) is 0 Å². The molecule has 0 aliphatic carbocycles. The molecule has 0 atom stereocenters. The van der Waals surface area contributed by atoms with Gasteiger partial charge in [-0.15, -0.1) is 11.3 Å². The SMILES string of the molecule is Cc1ccoc1-c1nn(C)c(N)c1-c1cccs1. The van der Waals surface area contributed by atoms with Gasteiger partial charge in [-0.1, -0.05) is 6.07 Å². The summed E-state index contributed by atoms with van der Waals surface area (Å²) in [4.78, 5) is 1.10. The van der Waals surface area contributed by atoms with Gasteiger partial charge in [-0.25, -0.2) is 0 Å². The number of hydrogen-bond donors (Lipinski definition) is 1. The number of hydrogen-bond acceptors (Lipinski definition) is 4. The van der Waals surface area contributed by atoms with Gasteiger partial charge in [0.2, 0.25) is 0 Å². The Bertz CT molecular complexity index is 679. The van der Waals surface area contributed by atoms with Crippen molar-refractivity contribution in [3.05, 3.63) is 35.4 Å². The molecule has 3 rings (SSSR count). The number of nitrogens with two attached hydrogens (primary N) is 1. The Morgan fingerprint density at radius 2 is 2.22 bits per heavy atom. The van der Waals surface area contributed by atoms with Crippen LogP contribution in [0.2, 0.25) is 0 Å². The molecule has 0 aliphatic heterocycles. The Kier molecular flexibility index (Phi) is 2.48. The molecule has 0 fully saturated rings. The van der Waals surface area contributed by atoms with Crippen LogP contribution >= 0.6 is 11.3 Å². The van der Waals surface area contributed by atoms with Crippen LogP contribution in [-0.2, 0) is 7.05 Å². The summed E-state index contributed by atoms with van der Waals surface area (Å²) < 4.78 is 7.22. The van der Waals surface area contributed by atoms with Crippen LogP contribution in [0.5, 0.6) is 0 Å². The second kappa shape index (κ2) is 4.03. The molecule has 0 saturated carbocycles. The van der Waals surface area contributed by atoms with Gasteiger partial charge < -0.3 is 10.2 Å². The van der Waals surface area contributed by atoms with Crippen LogP contribution in [0, 0.1) is 6.92 Å². The highest BCUT2D eigenvalue weighted by Crippen LogP contribution is 2.39. The first kappa shape index (κ1) is 11.1. The minimum atomic E-state index is 0.656. The lowest BCUT2D eigenvalue weighted by Crippen LogP contribution is -1.97. The molecule has 3 aromatic rings. The van der Waals surface area contributed by atoms with E-state index in [0.717, 1.165) is 27.5 Å². The van der Waals surface area contributed by atoms with Crippen molar-refractivity contribution in [3.8, 4) is 21.9 Å². The molecule has 0 aliphatic rings. The Morgan fingerprint density at radius 1 is 1.39 bits per heavy atom. The van der Waals surface area contributed by atoms with Crippen LogP contribution in [0.15, 0.2) is 34.3 Å². The molecular formula is C13H13N3OS. The van der Waals surface area contributed by atoms with Gasteiger partial charge in [-0.3, -0.25) is 4.68 Å². The van der Waals surface area contributed by atoms with Gasteiger partial charge in [0.05, 0.1) is 11.8 Å². The van der Waals surface area contributed by atoms with Gasteiger partial charge in [0.25, 0.3) is 0 Å². The maximum Gasteiger partial charge on any atom is 0.157 e. The van der Waals surface area contributed by atoms with Crippen LogP contribution in [0.25, 0.3) is 21.9 Å². The molecule has 0 unspecified atom stereocenters. The summed E-state index contributed by atoms with van der Waals surface area (Å²) in [5.74, 6) is 1.44. The van der Waals surface area contributed by atoms with Gasteiger partial charge in [0, 0.05) is 11.9 Å². The molecule has 18 heavy (non-hydrogen) atoms. The minimum Gasteiger partial charge on any atom is -0.462 e. The van der Waals surface area contributed by atoms with Crippen LogP contribution < -0.4 is 5.73 Å². The normalized spacial score (nSPS) is 11.0. The number of nitrogen functional groups attached to an aromatic ring is 1. The third kappa shape index (κ3) is 1.55. The molecule has 92 valence electrons. The third-order valence-electron chi connectivity index (χ3n) is 2.94. The zero-order chi connectivity index (χ0) is 12.7. The second-order valence-corrected chi connectivity index (χ2v) is 5.09. The molecule has 0 amide bonds. The van der Waals surface area contributed by atoms with Gasteiger partial charge in [-0.05, 0) is 30.0 Å². The van der Waals surface area contributed by atoms with E-state index in [4.69, 9.17) is 10.2 Å². The molecule has 0 spiro atoms. The quantitative estimate of drug-likeness (QED) is 0.768. The van der Waals surface area contributed by atoms with Crippen molar-refractivity contribution in [3.63, 3.8) is 0 Å². The van der Waals surface area contributed by atoms with Crippen molar-refractivity contribution >= 4 is 17.2 Å². The smallest absolute Gasteiger partial charge is 0.157 e. The van der Waals surface area contributed by atoms with E-state index in [1.807, 2.05) is 37.6 Å². The Hall–Kier alpha value is -2.01. The summed E-state index contributed by atoms with van der Waals surface area (Å²) in [5, 5.41) is 6.50. The first-order valence-corrected chi connectivity index (χ1v) is 6.47. The Labute approximate surface area is 109 Å². The van der Waals surface area contributed by atoms with Crippen LogP contribution in [0.1, 0.15) is 5.56 Å². The first-order valence-electron chi connectivity index (χ1n) is 5.59. The van der Waals surface area contributed by atoms with Crippen molar-refractivity contribution in [1.29, 1.82) is 0 Å². The summed E-state index contributed by atoms with van der Waals surface area (Å²) in [6.45, 7) is 2.00. The molecular weight excluding hydrogens is 246 g/mol. The topological polar surface area (TPSA) is 57.0 Å². The molecule has 0 saturated heterocycles. The molecule has 3 heterocycles. The second-order valence-electron chi connectivity index (χ2n) is 4.14. The number of furan rings is 1. The lowest BCUT2D eigenvalue weighted by molar-refractivity contribution is 0.576. The number of thiophene rings is 1. The highest BCUT2D eigenvalue weighted by Gasteiger charge is 2.21. The lowest BCUT2D eigenvalue weighted by atomic mass is 10.1. The van der Waals surface area contributed by atoms with Crippen molar-refractivity contribution < 1.29 is 4.42 Å². The van der Waals surface area contributed by atoms with Crippen molar-refractivity contribution in [2.75, 3.05) is 5.73 Å². The van der Waals surface area contributed by atoms with Crippen LogP contribution in [-0.4, -0.2) is 9.78 Å². The number of anilines is 1. The molecule has 3 aromatic heterocycles. The first-order chi connectivity index (χ1) is 8.68. The maximum absolute atomic E-state index is 6.12. The van der Waals surface area contributed by atoms with E-state index in [2.05, 4.69) is 5.10 Å². The lowest BCUT2D eigenvalue weighted by Gasteiger charge is -1.99. The zero-order valence-electron chi connectivity index (χ0n) is 10.2. The minimum absolute atomic E-state index is 0.656. The Morgan fingerprint density at radius 3 is 2.83 bits per heavy atom. The fraction of sp³-hybridized carbons (Fsp3) is 0.154. The number of rotatable bonds is 2. The summed E-state index contributed by atoms with van der Waals surface area (Å²) in [6, 6.07) is 5.98. The van der Waals surface area contributed by atoms with Gasteiger partial charge in [0.15, 0.2) is 5.76 Å². The third-order valence-corrected chi connectivity index (χ3v) is 3.82. The fourth-order valence-electron chi connectivity index (χ4n) is 1.97. The monoisotopic (exact) mass is 259 g/mol. The molecule has 4 nitrogen and oxygen atoms in total. The van der Waals surface area contributed by atoms with Crippen molar-refractivity contribution in [2.24, 2.45) is 7.05 Å². The maximum atomic E-state index is 6.12. The van der Waals surface area contributed by atoms with Crippen molar-refractivity contribution in [2.45, 2.75) is 6.92 Å². The average molecular weight is 259 g/mol. The van der Waals surface area contributed by atoms with Crippen LogP contribution in [0.3, 0.4) is 0 Å². The van der Waals surface area contributed by atoms with Crippen molar-refractivity contribution in [1.82, 2.24) is 9.78 Å². The largest absolute Gasteiger partial charge is 0.462 e. The van der Waals surface area contributed by atoms with Gasteiger partial charge >= 0.3 is 0 Å². The van der Waals surface area contributed by atoms with Crippen LogP contribution in [0.4, 0.5) is 5.82 Å². The number of aromatic nitrogens is 2. The summed E-state index contributed by atoms with van der Waals surface area (Å²) in [6.07, 6.45) is 1.67. The van der Waals surface area contributed by atoms with E-state index in [1.165, 1.54) is 0 Å². The predicted molar refractivity (Wildman–Crippen MR) is 73.4 cm³/mol. The Balaban J connectivity index is 2.28. The van der Waals surface area contributed by atoms with Gasteiger partial charge in [0.1, 0.15) is 11.5 Å². The average Bonchev–Trinajstić information content (AvgIpc) is 3.02. The molecule has 5 heteroatoms. The van der Waals surface area contributed by atoms with E-state index >= 15 is 0 Å². The standard InChI is InChI=1S/C13H13N3OS/c1-8-5-6-17-12(8)11-10(9-4-3-7-18-9)13(14)16(2)15-11/h3-7H,14H2,1-2H3. The molecule has 0 bridgehead atoms. The summed E-state index contributed by atoms with van der Waals surface area (Å²) in [7, 11) is 1.84. The highest BCUT2D eigenvalue weighted by molar-refractivity contribution is 7.13. The van der Waals surface area contributed by atoms with E-state index < -0.39 is 0 Å². The molecule has 0 radical (unpaired) electrons. The summed E-state index contributed by atoms with van der Waals surface area (Å²) in [5.41, 5.74) is 8.93. The number of nitrogens with zero attached hydrogens (tertiary/aromatic N) is 2. The van der Waals surface area contributed by atoms with E-state index in [1.54, 1.807) is 22.3 Å². The van der Waals surface area contributed by atoms with E-state index in [0.29, 0.717) is 5.82 Å². The predicted octanol–water partition coefficient (Wildman–Crippen LogP) is 3.30. The zero-order valence-corrected chi connectivity index (χ0v) is 11.0. The molecule has 0 aromatic carbocycles. The number of aryl methyl sites for hydroxylation is 2. The van der Waals surface area contributed by atoms with Gasteiger partial charge in [-0.2, -0.15) is 5.10 Å². The molecule has 2 N–H and O–H groups in total. The van der Waals surface area contributed by atoms with E-state index in [9.17, 15) is 0 Å². The summed E-state index contributed by atoms with van der Waals surface area (Å²) >= 11 is 1.65. The highest BCUT2D eigenvalue weighted by atomic mass is 32.1.